The van der Waals surface area contributed by atoms with Gasteiger partial charge in [0.1, 0.15) is 24.5 Å². The third-order valence-electron chi connectivity index (χ3n) is 17.9. The molecule has 2 bridgehead atoms. The van der Waals surface area contributed by atoms with Gasteiger partial charge in [0.05, 0.1) is 74.0 Å². The lowest BCUT2D eigenvalue weighted by Crippen LogP contribution is -2.56. The number of amides is 8. The summed E-state index contributed by atoms with van der Waals surface area (Å²) in [5, 5.41) is 34.7. The number of ketones is 4. The third-order valence-corrected chi connectivity index (χ3v) is 19.4. The van der Waals surface area contributed by atoms with Gasteiger partial charge in [-0.15, -0.1) is 5.10 Å². The Kier molecular flexibility index (Phi) is 31.3. The number of hydrogen-bond acceptors (Lipinski definition) is 18. The molecule has 98 heavy (non-hydrogen) atoms. The highest BCUT2D eigenvalue weighted by Gasteiger charge is 2.43. The fraction of sp³-hybridized carbons (Fsp3) is 0.594. The lowest BCUT2D eigenvalue weighted by molar-refractivity contribution is -0.137. The van der Waals surface area contributed by atoms with Crippen LogP contribution < -0.4 is 49.1 Å². The Labute approximate surface area is 575 Å². The quantitative estimate of drug-likeness (QED) is 0.0145. The maximum atomic E-state index is 15.2. The molecule has 8 amide bonds. The molecule has 0 aliphatic carbocycles. The van der Waals surface area contributed by atoms with E-state index < -0.39 is 120 Å². The van der Waals surface area contributed by atoms with E-state index >= 15 is 9.59 Å². The maximum Gasteiger partial charge on any atom is 0.315 e. The summed E-state index contributed by atoms with van der Waals surface area (Å²) in [7, 11) is 0. The van der Waals surface area contributed by atoms with Crippen molar-refractivity contribution in [3.05, 3.63) is 83.8 Å². The number of carbonyl (C=O) groups is 11. The number of H-pyrrole nitrogens is 1. The first-order chi connectivity index (χ1) is 47.1. The normalized spacial score (nSPS) is 23.4. The minimum absolute atomic E-state index is 0.0263. The van der Waals surface area contributed by atoms with Gasteiger partial charge in [-0.05, 0) is 87.3 Å². The summed E-state index contributed by atoms with van der Waals surface area (Å²) in [4.78, 5) is 155. The number of urea groups is 1. The highest BCUT2D eigenvalue weighted by molar-refractivity contribution is 8.00. The standard InChI is InChI=1S/C69H98N14O14S/c1-42(2)62-68(93)76-54(64(73)89)22-12-13-25-83-39-48(81-82-83)33-45(34-50(85)40-97-30-29-96-28-27-95-26-14-18-49(84)17-6-10-23-59-63-56(41-98-59)78-69(94)80-63)66(91)75-53(21-9-11-24-60(70)71)57(86)35-44(32-47-38-74-52-20-8-7-19-51(47)52)65(90)77-55(31-43-15-4-3-5-16-43)58(87)36-46(37-61(72)88)67(92)79-62/h3-5,7-8,15-16,19-20,38-39,42,44-46,53-56,59,62-63,74H,6,9-14,17-18,21-37,40-41H2,1-2H3,(H3,70,71)(H2,72,88)(H2,73,89)(H,75,91)(H,76,93)(H,77,90)(H,79,92)(H2,78,80,94)/t44-,45+,46+,53+,54-,55+,56+,59+,62+,63+/m0/s1. The van der Waals surface area contributed by atoms with Crippen LogP contribution in [0.4, 0.5) is 4.79 Å². The number of nitrogens with zero attached hydrogens (tertiary/aromatic N) is 3. The number of unbranched alkanes of at least 4 members (excludes halogenated alkanes) is 2. The number of fused-ring (bicyclic) bond motifs is 4. The van der Waals surface area contributed by atoms with Gasteiger partial charge in [0.2, 0.25) is 35.4 Å². The van der Waals surface area contributed by atoms with Gasteiger partial charge >= 0.3 is 6.03 Å². The van der Waals surface area contributed by atoms with Crippen molar-refractivity contribution < 1.29 is 67.0 Å². The molecule has 0 saturated carbocycles. The molecule has 2 aromatic carbocycles. The number of nitrogens with one attached hydrogen (secondary N) is 8. The minimum Gasteiger partial charge on any atom is -0.388 e. The highest BCUT2D eigenvalue weighted by atomic mass is 32.2. The van der Waals surface area contributed by atoms with Crippen molar-refractivity contribution in [3.8, 4) is 0 Å². The van der Waals surface area contributed by atoms with Crippen molar-refractivity contribution in [2.75, 3.05) is 45.4 Å². The molecule has 10 atom stereocenters. The summed E-state index contributed by atoms with van der Waals surface area (Å²) < 4.78 is 18.6. The summed E-state index contributed by atoms with van der Waals surface area (Å²) in [5.41, 5.74) is 19.6. The number of para-hydroxylation sites is 1. The second-order valence-electron chi connectivity index (χ2n) is 26.1. The Hall–Kier alpha value is -8.41. The number of amidine groups is 1. The first-order valence-corrected chi connectivity index (χ1v) is 35.3. The van der Waals surface area contributed by atoms with E-state index in [-0.39, 0.29) is 114 Å². The lowest BCUT2D eigenvalue weighted by Gasteiger charge is -2.27. The predicted molar refractivity (Wildman–Crippen MR) is 366 cm³/mol. The second-order valence-corrected chi connectivity index (χ2v) is 27.4. The smallest absolute Gasteiger partial charge is 0.315 e. The number of nitrogens with two attached hydrogens (primary N) is 3. The molecule has 28 nitrogen and oxygen atoms in total. The van der Waals surface area contributed by atoms with Crippen LogP contribution in [-0.2, 0) is 88.0 Å². The van der Waals surface area contributed by atoms with Crippen LogP contribution in [0.2, 0.25) is 0 Å². The number of aryl methyl sites for hydroxylation is 1. The number of carbonyl (C=O) groups excluding carboxylic acids is 11. The van der Waals surface area contributed by atoms with E-state index in [2.05, 4.69) is 47.2 Å². The summed E-state index contributed by atoms with van der Waals surface area (Å²) in [6.07, 6.45) is 7.13. The summed E-state index contributed by atoms with van der Waals surface area (Å²) in [6, 6.07) is 11.4. The van der Waals surface area contributed by atoms with Crippen LogP contribution in [0.5, 0.6) is 0 Å². The molecule has 3 aliphatic heterocycles. The number of rotatable bonds is 32. The topological polar surface area (TPSA) is 436 Å². The molecule has 7 rings (SSSR count). The van der Waals surface area contributed by atoms with Gasteiger partial charge in [-0.25, -0.2) is 4.79 Å². The van der Waals surface area contributed by atoms with Crippen LogP contribution in [0.25, 0.3) is 10.9 Å². The minimum atomic E-state index is -1.42. The molecule has 0 unspecified atom stereocenters. The Morgan fingerprint density at radius 3 is 2.05 bits per heavy atom. The van der Waals surface area contributed by atoms with E-state index in [9.17, 15) is 43.2 Å². The Morgan fingerprint density at radius 2 is 1.31 bits per heavy atom. The van der Waals surface area contributed by atoms with E-state index in [1.54, 1.807) is 56.6 Å². The van der Waals surface area contributed by atoms with Crippen LogP contribution in [0, 0.1) is 29.1 Å². The SMILES string of the molecule is CC(C)[C@H]1NC(=O)[C@@H](CC(N)=O)CC(=O)[C@@H](Cc2ccccc2)NC(=O)[C@@H](Cc2c[nH]c3ccccc23)CC(=O)[C@@H](CCCCC(=N)N)NC(=O)[C@@H](CC(=O)COCCOCCOCCCC(=O)CCCC[C@H]2SC[C@H]3NC(=O)N[C@H]32)Cc2cn(nn2)CCCC[C@@H](C(N)=O)NC1=O. The second kappa shape index (κ2) is 39.9. The van der Waals surface area contributed by atoms with Crippen LogP contribution >= 0.6 is 11.8 Å². The molecule has 534 valence electrons. The molecule has 2 fully saturated rings. The molecule has 0 radical (unpaired) electrons. The van der Waals surface area contributed by atoms with Crippen molar-refractivity contribution in [2.24, 2.45) is 40.9 Å². The van der Waals surface area contributed by atoms with Crippen molar-refractivity contribution in [1.29, 1.82) is 5.41 Å². The third kappa shape index (κ3) is 25.5. The van der Waals surface area contributed by atoms with E-state index in [1.807, 2.05) is 36.0 Å². The number of primary amides is 2. The zero-order valence-corrected chi connectivity index (χ0v) is 57.0. The van der Waals surface area contributed by atoms with Crippen LogP contribution in [0.15, 0.2) is 67.0 Å². The summed E-state index contributed by atoms with van der Waals surface area (Å²) >= 11 is 1.86. The monoisotopic (exact) mass is 1380 g/mol. The van der Waals surface area contributed by atoms with Crippen LogP contribution in [-0.4, -0.2) is 177 Å². The molecule has 3 aliphatic rings. The Morgan fingerprint density at radius 1 is 0.653 bits per heavy atom. The number of Topliss-reactive ketones (excluding diaryl/α,β-unsaturated/α-hetero) is 4. The van der Waals surface area contributed by atoms with Crippen molar-refractivity contribution in [3.63, 3.8) is 0 Å². The molecule has 0 spiro atoms. The molecule has 29 heteroatoms. The maximum absolute atomic E-state index is 15.2. The Bertz CT molecular complexity index is 3360. The van der Waals surface area contributed by atoms with E-state index in [0.29, 0.717) is 73.6 Å². The van der Waals surface area contributed by atoms with Crippen molar-refractivity contribution in [1.82, 2.24) is 51.9 Å². The first-order valence-electron chi connectivity index (χ1n) is 34.2. The Balaban J connectivity index is 1.05. The van der Waals surface area contributed by atoms with Crippen LogP contribution in [0.1, 0.15) is 140 Å². The van der Waals surface area contributed by atoms with Gasteiger partial charge in [0.25, 0.3) is 0 Å². The van der Waals surface area contributed by atoms with Gasteiger partial charge in [-0.3, -0.25) is 58.0 Å². The zero-order chi connectivity index (χ0) is 70.5. The number of ether oxygens (including phenoxy) is 3. The lowest BCUT2D eigenvalue weighted by atomic mass is 9.88. The predicted octanol–water partition coefficient (Wildman–Crippen LogP) is 3.27. The molecule has 14 N–H and O–H groups in total. The molecule has 5 heterocycles. The van der Waals surface area contributed by atoms with E-state index in [0.717, 1.165) is 35.9 Å². The number of aromatic amines is 1. The molecule has 2 saturated heterocycles. The van der Waals surface area contributed by atoms with Gasteiger partial charge < -0.3 is 68.3 Å². The molecule has 2 aromatic heterocycles. The number of thioether (sulfide) groups is 1. The van der Waals surface area contributed by atoms with Gasteiger partial charge in [0, 0.05) is 105 Å². The van der Waals surface area contributed by atoms with Gasteiger partial charge in [-0.2, -0.15) is 11.8 Å². The zero-order valence-electron chi connectivity index (χ0n) is 56.2. The van der Waals surface area contributed by atoms with Gasteiger partial charge in [-0.1, -0.05) is 80.4 Å². The van der Waals surface area contributed by atoms with Crippen molar-refractivity contribution in [2.45, 2.75) is 190 Å². The fourth-order valence-electron chi connectivity index (χ4n) is 12.5. The molecule has 4 aromatic rings. The fourth-order valence-corrected chi connectivity index (χ4v) is 14.1. The number of aromatic nitrogens is 4. The molecular formula is C69H98N14O14S. The first kappa shape index (κ1) is 76.9. The summed E-state index contributed by atoms with van der Waals surface area (Å²) in [5.74, 6) is -9.66. The largest absolute Gasteiger partial charge is 0.388 e. The summed E-state index contributed by atoms with van der Waals surface area (Å²) in [6.45, 7) is 4.31. The van der Waals surface area contributed by atoms with E-state index in [4.69, 9.17) is 36.8 Å². The van der Waals surface area contributed by atoms with E-state index in [1.165, 1.54) is 4.68 Å². The average Bonchev–Trinajstić information content (AvgIpc) is 1.64. The number of hydrogen-bond donors (Lipinski definition) is 11. The van der Waals surface area contributed by atoms with Crippen LogP contribution in [0.3, 0.4) is 0 Å². The van der Waals surface area contributed by atoms with Crippen molar-refractivity contribution >= 4 is 93.1 Å². The highest BCUT2D eigenvalue weighted by Crippen LogP contribution is 2.33. The molecular weight excluding hydrogens is 1280 g/mol. The van der Waals surface area contributed by atoms with Gasteiger partial charge in [0.15, 0.2) is 17.3 Å². The average molecular weight is 1380 g/mol. The number of benzene rings is 2.